The molecular formula is C14H19N5O2. The average molecular weight is 289 g/mol. The van der Waals surface area contributed by atoms with Crippen molar-refractivity contribution in [2.45, 2.75) is 32.4 Å². The lowest BCUT2D eigenvalue weighted by Crippen LogP contribution is -2.40. The predicted octanol–water partition coefficient (Wildman–Crippen LogP) is 1.73. The summed E-state index contributed by atoms with van der Waals surface area (Å²) in [6.07, 6.45) is 7.25. The molecule has 0 unspecified atom stereocenters. The molecule has 7 heteroatoms. The Morgan fingerprint density at radius 3 is 3.19 bits per heavy atom. The van der Waals surface area contributed by atoms with Gasteiger partial charge in [0.1, 0.15) is 0 Å². The first kappa shape index (κ1) is 13.7. The van der Waals surface area contributed by atoms with Crippen molar-refractivity contribution in [2.75, 3.05) is 13.1 Å². The average Bonchev–Trinajstić information content (AvgIpc) is 3.18. The minimum absolute atomic E-state index is 0.000514. The number of imidazole rings is 1. The van der Waals surface area contributed by atoms with Gasteiger partial charge in [-0.05, 0) is 19.8 Å². The number of aromatic nitrogens is 3. The van der Waals surface area contributed by atoms with E-state index in [1.807, 2.05) is 28.7 Å². The van der Waals surface area contributed by atoms with Crippen molar-refractivity contribution in [1.82, 2.24) is 24.9 Å². The van der Waals surface area contributed by atoms with Crippen molar-refractivity contribution in [3.63, 3.8) is 0 Å². The first-order chi connectivity index (χ1) is 10.2. The van der Waals surface area contributed by atoms with E-state index in [1.165, 1.54) is 0 Å². The van der Waals surface area contributed by atoms with Crippen molar-refractivity contribution >= 4 is 6.03 Å². The molecule has 3 rings (SSSR count). The molecule has 1 N–H and O–H groups in total. The van der Waals surface area contributed by atoms with Gasteiger partial charge in [-0.15, -0.1) is 0 Å². The Morgan fingerprint density at radius 2 is 2.48 bits per heavy atom. The van der Waals surface area contributed by atoms with E-state index in [1.54, 1.807) is 12.5 Å². The van der Waals surface area contributed by atoms with Crippen LogP contribution in [0.3, 0.4) is 0 Å². The van der Waals surface area contributed by atoms with Crippen LogP contribution in [0, 0.1) is 6.92 Å². The fraction of sp³-hybridized carbons (Fsp3) is 0.500. The van der Waals surface area contributed by atoms with Gasteiger partial charge < -0.3 is 19.3 Å². The molecule has 0 saturated carbocycles. The van der Waals surface area contributed by atoms with E-state index in [9.17, 15) is 4.79 Å². The quantitative estimate of drug-likeness (QED) is 0.930. The normalized spacial score (nSPS) is 18.1. The van der Waals surface area contributed by atoms with Gasteiger partial charge in [0, 0.05) is 38.1 Å². The minimum atomic E-state index is -0.0494. The molecular weight excluding hydrogens is 270 g/mol. The molecule has 0 spiro atoms. The molecule has 0 aliphatic carbocycles. The second kappa shape index (κ2) is 5.99. The number of urea groups is 1. The molecule has 7 nitrogen and oxygen atoms in total. The maximum Gasteiger partial charge on any atom is 0.318 e. The van der Waals surface area contributed by atoms with Crippen molar-refractivity contribution in [3.8, 4) is 0 Å². The van der Waals surface area contributed by atoms with Gasteiger partial charge in [-0.25, -0.2) is 9.78 Å². The number of amides is 2. The van der Waals surface area contributed by atoms with Gasteiger partial charge in [-0.3, -0.25) is 0 Å². The molecule has 21 heavy (non-hydrogen) atoms. The first-order valence-electron chi connectivity index (χ1n) is 7.17. The molecule has 1 atom stereocenters. The Bertz CT molecular complexity index is 592. The van der Waals surface area contributed by atoms with E-state index in [-0.39, 0.29) is 12.1 Å². The second-order valence-electron chi connectivity index (χ2n) is 5.25. The number of likely N-dealkylation sites (tertiary alicyclic amines) is 1. The number of nitrogens with one attached hydrogen (secondary N) is 1. The largest absolute Gasteiger partial charge is 0.359 e. The highest BCUT2D eigenvalue weighted by atomic mass is 16.5. The molecule has 1 aliphatic heterocycles. The highest BCUT2D eigenvalue weighted by molar-refractivity contribution is 5.74. The van der Waals surface area contributed by atoms with E-state index in [0.717, 1.165) is 30.8 Å². The van der Waals surface area contributed by atoms with Crippen molar-refractivity contribution in [1.29, 1.82) is 0 Å². The van der Waals surface area contributed by atoms with Gasteiger partial charge >= 0.3 is 6.03 Å². The van der Waals surface area contributed by atoms with Gasteiger partial charge in [0.2, 0.25) is 0 Å². The van der Waals surface area contributed by atoms with E-state index >= 15 is 0 Å². The Labute approximate surface area is 122 Å². The summed E-state index contributed by atoms with van der Waals surface area (Å²) < 4.78 is 7.24. The molecule has 0 bridgehead atoms. The highest BCUT2D eigenvalue weighted by Crippen LogP contribution is 2.32. The number of carbonyl (C=O) groups is 1. The molecule has 1 aliphatic rings. The number of nitrogens with zero attached hydrogens (tertiary/aromatic N) is 4. The van der Waals surface area contributed by atoms with Crippen LogP contribution in [0.1, 0.15) is 30.3 Å². The molecule has 0 aromatic carbocycles. The number of aryl methyl sites for hydroxylation is 1. The molecule has 1 fully saturated rings. The predicted molar refractivity (Wildman–Crippen MR) is 75.5 cm³/mol. The van der Waals surface area contributed by atoms with E-state index < -0.39 is 0 Å². The lowest BCUT2D eigenvalue weighted by Gasteiger charge is -2.23. The van der Waals surface area contributed by atoms with Crippen LogP contribution in [0.5, 0.6) is 0 Å². The van der Waals surface area contributed by atoms with E-state index in [2.05, 4.69) is 15.5 Å². The van der Waals surface area contributed by atoms with Gasteiger partial charge in [0.15, 0.2) is 5.76 Å². The number of hydrogen-bond donors (Lipinski definition) is 1. The number of rotatable bonds is 4. The van der Waals surface area contributed by atoms with Crippen LogP contribution < -0.4 is 5.32 Å². The maximum absolute atomic E-state index is 12.3. The SMILES string of the molecule is Cc1cc([C@H]2CCCN2C(=O)NCCn2ccnc2)on1. The van der Waals surface area contributed by atoms with Crippen LogP contribution in [0.4, 0.5) is 4.79 Å². The summed E-state index contributed by atoms with van der Waals surface area (Å²) in [4.78, 5) is 18.1. The molecule has 3 heterocycles. The third-order valence-corrected chi connectivity index (χ3v) is 3.69. The van der Waals surface area contributed by atoms with Gasteiger partial charge in [-0.1, -0.05) is 5.16 Å². The van der Waals surface area contributed by atoms with Gasteiger partial charge in [0.05, 0.1) is 18.1 Å². The summed E-state index contributed by atoms with van der Waals surface area (Å²) in [5.74, 6) is 0.773. The smallest absolute Gasteiger partial charge is 0.318 e. The van der Waals surface area contributed by atoms with Crippen molar-refractivity contribution in [2.24, 2.45) is 0 Å². The molecule has 1 saturated heterocycles. The lowest BCUT2D eigenvalue weighted by atomic mass is 10.1. The first-order valence-corrected chi connectivity index (χ1v) is 7.17. The molecule has 2 aromatic heterocycles. The Morgan fingerprint density at radius 1 is 1.57 bits per heavy atom. The summed E-state index contributed by atoms with van der Waals surface area (Å²) >= 11 is 0. The second-order valence-corrected chi connectivity index (χ2v) is 5.25. The zero-order valence-corrected chi connectivity index (χ0v) is 12.0. The molecule has 2 amide bonds. The Kier molecular flexibility index (Phi) is 3.89. The van der Waals surface area contributed by atoms with Crippen LogP contribution in [0.25, 0.3) is 0 Å². The highest BCUT2D eigenvalue weighted by Gasteiger charge is 2.32. The summed E-state index contributed by atoms with van der Waals surface area (Å²) in [5, 5.41) is 6.85. The summed E-state index contributed by atoms with van der Waals surface area (Å²) in [6, 6.07) is 1.85. The summed E-state index contributed by atoms with van der Waals surface area (Å²) in [5.41, 5.74) is 0.845. The van der Waals surface area contributed by atoms with Crippen LogP contribution in [0.15, 0.2) is 29.3 Å². The zero-order valence-electron chi connectivity index (χ0n) is 12.0. The van der Waals surface area contributed by atoms with E-state index in [0.29, 0.717) is 13.1 Å². The summed E-state index contributed by atoms with van der Waals surface area (Å²) in [7, 11) is 0. The third kappa shape index (κ3) is 3.07. The van der Waals surface area contributed by atoms with Crippen LogP contribution in [-0.2, 0) is 6.54 Å². The lowest BCUT2D eigenvalue weighted by molar-refractivity contribution is 0.182. The monoisotopic (exact) mass is 289 g/mol. The fourth-order valence-corrected chi connectivity index (χ4v) is 2.66. The number of hydrogen-bond acceptors (Lipinski definition) is 4. The standard InChI is InChI=1S/C14H19N5O2/c1-11-9-13(21-17-11)12-3-2-6-19(12)14(20)16-5-8-18-7-4-15-10-18/h4,7,9-10,12H,2-3,5-6,8H2,1H3,(H,16,20)/t12-/m1/s1. The number of carbonyl (C=O) groups excluding carboxylic acids is 1. The van der Waals surface area contributed by atoms with Crippen LogP contribution in [-0.4, -0.2) is 38.7 Å². The van der Waals surface area contributed by atoms with Gasteiger partial charge in [0.25, 0.3) is 0 Å². The summed E-state index contributed by atoms with van der Waals surface area (Å²) in [6.45, 7) is 3.93. The minimum Gasteiger partial charge on any atom is -0.359 e. The van der Waals surface area contributed by atoms with Crippen LogP contribution in [0.2, 0.25) is 0 Å². The van der Waals surface area contributed by atoms with Crippen molar-refractivity contribution in [3.05, 3.63) is 36.2 Å². The fourth-order valence-electron chi connectivity index (χ4n) is 2.66. The molecule has 0 radical (unpaired) electrons. The topological polar surface area (TPSA) is 76.2 Å². The molecule has 112 valence electrons. The van der Waals surface area contributed by atoms with Crippen LogP contribution >= 0.6 is 0 Å². The zero-order chi connectivity index (χ0) is 14.7. The van der Waals surface area contributed by atoms with E-state index in [4.69, 9.17) is 4.52 Å². The van der Waals surface area contributed by atoms with Crippen molar-refractivity contribution < 1.29 is 9.32 Å². The molecule has 2 aromatic rings. The Hall–Kier alpha value is -2.31. The Balaban J connectivity index is 1.55. The third-order valence-electron chi connectivity index (χ3n) is 3.69. The maximum atomic E-state index is 12.3. The van der Waals surface area contributed by atoms with Gasteiger partial charge in [-0.2, -0.15) is 0 Å².